The monoisotopic (exact) mass is 241 g/mol. The number of ether oxygens (including phenoxy) is 1. The summed E-state index contributed by atoms with van der Waals surface area (Å²) >= 11 is 6.22. The van der Waals surface area contributed by atoms with Crippen LogP contribution in [-0.4, -0.2) is 19.8 Å². The maximum Gasteiger partial charge on any atom is 0.0763 e. The van der Waals surface area contributed by atoms with Crippen LogP contribution >= 0.6 is 11.6 Å². The lowest BCUT2D eigenvalue weighted by Crippen LogP contribution is -2.33. The fourth-order valence-electron chi connectivity index (χ4n) is 1.93. The van der Waals surface area contributed by atoms with E-state index in [9.17, 15) is 0 Å². The van der Waals surface area contributed by atoms with Crippen LogP contribution < -0.4 is 5.32 Å². The third-order valence-electron chi connectivity index (χ3n) is 2.74. The topological polar surface area (TPSA) is 21.3 Å². The van der Waals surface area contributed by atoms with Crippen LogP contribution in [0.1, 0.15) is 31.9 Å². The summed E-state index contributed by atoms with van der Waals surface area (Å²) in [5.74, 6) is 0. The molecule has 3 heteroatoms. The molecule has 0 aliphatic heterocycles. The minimum Gasteiger partial charge on any atom is -0.379 e. The fraction of sp³-hybridized carbons (Fsp3) is 0.538. The van der Waals surface area contributed by atoms with Crippen molar-refractivity contribution in [2.45, 2.75) is 32.4 Å². The first-order valence-corrected chi connectivity index (χ1v) is 6.12. The van der Waals surface area contributed by atoms with E-state index in [-0.39, 0.29) is 12.1 Å². The van der Waals surface area contributed by atoms with Gasteiger partial charge in [-0.1, -0.05) is 43.6 Å². The van der Waals surface area contributed by atoms with Crippen molar-refractivity contribution < 1.29 is 4.74 Å². The Morgan fingerprint density at radius 1 is 1.31 bits per heavy atom. The van der Waals surface area contributed by atoms with Gasteiger partial charge in [0.15, 0.2) is 0 Å². The highest BCUT2D eigenvalue weighted by molar-refractivity contribution is 6.31. The molecule has 0 saturated carbocycles. The van der Waals surface area contributed by atoms with Crippen LogP contribution in [0, 0.1) is 0 Å². The average molecular weight is 242 g/mol. The number of benzene rings is 1. The molecule has 0 radical (unpaired) electrons. The van der Waals surface area contributed by atoms with Gasteiger partial charge in [-0.05, 0) is 24.6 Å². The molecule has 0 aliphatic rings. The number of nitrogens with one attached hydrogen (secondary N) is 1. The van der Waals surface area contributed by atoms with Gasteiger partial charge in [0, 0.05) is 12.1 Å². The predicted octanol–water partition coefficient (Wildman–Crippen LogP) is 3.42. The maximum absolute atomic E-state index is 6.22. The first-order chi connectivity index (χ1) is 7.74. The standard InChI is InChI=1S/C13H20ClNO/c1-4-12(16-3)13(15-5-2)10-8-6-7-9-11(10)14/h6-9,12-13,15H,4-5H2,1-3H3. The lowest BCUT2D eigenvalue weighted by molar-refractivity contribution is 0.0656. The second kappa shape index (κ2) is 6.89. The summed E-state index contributed by atoms with van der Waals surface area (Å²) in [6, 6.07) is 8.09. The first-order valence-electron chi connectivity index (χ1n) is 5.75. The van der Waals surface area contributed by atoms with Crippen LogP contribution in [0.25, 0.3) is 0 Å². The molecule has 2 nitrogen and oxygen atoms in total. The molecule has 0 spiro atoms. The molecule has 0 aromatic heterocycles. The largest absolute Gasteiger partial charge is 0.379 e. The van der Waals surface area contributed by atoms with Crippen molar-refractivity contribution in [1.29, 1.82) is 0 Å². The number of rotatable bonds is 6. The fourth-order valence-corrected chi connectivity index (χ4v) is 2.18. The molecule has 1 aromatic carbocycles. The van der Waals surface area contributed by atoms with E-state index in [1.54, 1.807) is 7.11 Å². The highest BCUT2D eigenvalue weighted by atomic mass is 35.5. The summed E-state index contributed by atoms with van der Waals surface area (Å²) in [6.07, 6.45) is 1.11. The lowest BCUT2D eigenvalue weighted by atomic mass is 9.99. The van der Waals surface area contributed by atoms with Crippen molar-refractivity contribution in [3.05, 3.63) is 34.9 Å². The lowest BCUT2D eigenvalue weighted by Gasteiger charge is -2.27. The third kappa shape index (κ3) is 3.21. The Labute approximate surface area is 103 Å². The highest BCUT2D eigenvalue weighted by Gasteiger charge is 2.22. The van der Waals surface area contributed by atoms with Crippen LogP contribution in [0.5, 0.6) is 0 Å². The van der Waals surface area contributed by atoms with Crippen molar-refractivity contribution in [2.75, 3.05) is 13.7 Å². The van der Waals surface area contributed by atoms with Crippen molar-refractivity contribution in [3.8, 4) is 0 Å². The molecular weight excluding hydrogens is 222 g/mol. The molecule has 0 bridgehead atoms. The molecule has 1 aromatic rings. The minimum absolute atomic E-state index is 0.153. The molecule has 90 valence electrons. The van der Waals surface area contributed by atoms with E-state index in [4.69, 9.17) is 16.3 Å². The molecule has 1 rings (SSSR count). The van der Waals surface area contributed by atoms with Gasteiger partial charge >= 0.3 is 0 Å². The molecule has 0 aliphatic carbocycles. The van der Waals surface area contributed by atoms with Crippen molar-refractivity contribution in [1.82, 2.24) is 5.32 Å². The molecule has 0 fully saturated rings. The Morgan fingerprint density at radius 3 is 2.50 bits per heavy atom. The van der Waals surface area contributed by atoms with Gasteiger partial charge in [-0.2, -0.15) is 0 Å². The van der Waals surface area contributed by atoms with Crippen molar-refractivity contribution >= 4 is 11.6 Å². The van der Waals surface area contributed by atoms with Crippen LogP contribution in [0.3, 0.4) is 0 Å². The molecule has 2 unspecified atom stereocenters. The number of methoxy groups -OCH3 is 1. The zero-order valence-corrected chi connectivity index (χ0v) is 10.9. The molecule has 0 saturated heterocycles. The van der Waals surface area contributed by atoms with Gasteiger partial charge in [-0.3, -0.25) is 0 Å². The van der Waals surface area contributed by atoms with Crippen LogP contribution in [-0.2, 0) is 4.74 Å². The Morgan fingerprint density at radius 2 is 2.00 bits per heavy atom. The van der Waals surface area contributed by atoms with Crippen LogP contribution in [0.4, 0.5) is 0 Å². The second-order valence-electron chi connectivity index (χ2n) is 3.74. The molecule has 0 heterocycles. The Bertz CT molecular complexity index is 313. The highest BCUT2D eigenvalue weighted by Crippen LogP contribution is 2.27. The molecule has 16 heavy (non-hydrogen) atoms. The number of halogens is 1. The predicted molar refractivity (Wildman–Crippen MR) is 69.0 cm³/mol. The van der Waals surface area contributed by atoms with Gasteiger partial charge in [0.05, 0.1) is 12.1 Å². The van der Waals surface area contributed by atoms with Crippen LogP contribution in [0.15, 0.2) is 24.3 Å². The Balaban J connectivity index is 2.97. The summed E-state index contributed by atoms with van der Waals surface area (Å²) < 4.78 is 5.50. The van der Waals surface area contributed by atoms with Gasteiger partial charge in [0.2, 0.25) is 0 Å². The number of hydrogen-bond donors (Lipinski definition) is 1. The van der Waals surface area contributed by atoms with E-state index in [0.717, 1.165) is 23.6 Å². The summed E-state index contributed by atoms with van der Waals surface area (Å²) in [7, 11) is 1.75. The van der Waals surface area contributed by atoms with Gasteiger partial charge in [-0.25, -0.2) is 0 Å². The zero-order chi connectivity index (χ0) is 12.0. The summed E-state index contributed by atoms with van der Waals surface area (Å²) in [5.41, 5.74) is 1.11. The molecule has 2 atom stereocenters. The third-order valence-corrected chi connectivity index (χ3v) is 3.09. The SMILES string of the molecule is CCNC(c1ccccc1Cl)C(CC)OC. The number of likely N-dealkylation sites (N-methyl/N-ethyl adjacent to an activating group) is 1. The van der Waals surface area contributed by atoms with Gasteiger partial charge in [-0.15, -0.1) is 0 Å². The minimum atomic E-state index is 0.153. The van der Waals surface area contributed by atoms with Gasteiger partial charge in [0.25, 0.3) is 0 Å². The second-order valence-corrected chi connectivity index (χ2v) is 4.15. The molecule has 0 amide bonds. The van der Waals surface area contributed by atoms with E-state index in [1.807, 2.05) is 18.2 Å². The van der Waals surface area contributed by atoms with Crippen molar-refractivity contribution in [3.63, 3.8) is 0 Å². The summed E-state index contributed by atoms with van der Waals surface area (Å²) in [6.45, 7) is 5.11. The maximum atomic E-state index is 6.22. The van der Waals surface area contributed by atoms with Gasteiger partial charge < -0.3 is 10.1 Å². The van der Waals surface area contributed by atoms with Crippen LogP contribution in [0.2, 0.25) is 5.02 Å². The smallest absolute Gasteiger partial charge is 0.0763 e. The van der Waals surface area contributed by atoms with E-state index in [1.165, 1.54) is 0 Å². The summed E-state index contributed by atoms with van der Waals surface area (Å²) in [5, 5.41) is 4.23. The average Bonchev–Trinajstić information content (AvgIpc) is 2.30. The normalized spacial score (nSPS) is 14.8. The van der Waals surface area contributed by atoms with E-state index in [2.05, 4.69) is 25.2 Å². The quantitative estimate of drug-likeness (QED) is 0.824. The molecule has 1 N–H and O–H groups in total. The van der Waals surface area contributed by atoms with Crippen molar-refractivity contribution in [2.24, 2.45) is 0 Å². The Kier molecular flexibility index (Phi) is 5.81. The zero-order valence-electron chi connectivity index (χ0n) is 10.2. The number of hydrogen-bond acceptors (Lipinski definition) is 2. The van der Waals surface area contributed by atoms with E-state index in [0.29, 0.717) is 0 Å². The van der Waals surface area contributed by atoms with E-state index < -0.39 is 0 Å². The Hall–Kier alpha value is -0.570. The van der Waals surface area contributed by atoms with E-state index >= 15 is 0 Å². The first kappa shape index (κ1) is 13.5. The van der Waals surface area contributed by atoms with Gasteiger partial charge in [0.1, 0.15) is 0 Å². The summed E-state index contributed by atoms with van der Waals surface area (Å²) in [4.78, 5) is 0. The molecular formula is C13H20ClNO.